The highest BCUT2D eigenvalue weighted by atomic mass is 32.2. The van der Waals surface area contributed by atoms with Crippen LogP contribution >= 0.6 is 11.8 Å². The van der Waals surface area contributed by atoms with Gasteiger partial charge in [0.25, 0.3) is 5.91 Å². The normalized spacial score (nSPS) is 11.4. The summed E-state index contributed by atoms with van der Waals surface area (Å²) in [5.41, 5.74) is 8.43. The molecule has 0 bridgehead atoms. The van der Waals surface area contributed by atoms with Gasteiger partial charge in [0, 0.05) is 27.4 Å². The maximum atomic E-state index is 12.5. The van der Waals surface area contributed by atoms with Gasteiger partial charge in [-0.1, -0.05) is 18.2 Å². The fraction of sp³-hybridized carbons (Fsp3) is 0.125. The highest BCUT2D eigenvalue weighted by molar-refractivity contribution is 8.00. The molecule has 7 heteroatoms. The van der Waals surface area contributed by atoms with Crippen LogP contribution in [0.1, 0.15) is 33.2 Å². The minimum atomic E-state index is -0.514. The predicted molar refractivity (Wildman–Crippen MR) is 124 cm³/mol. The van der Waals surface area contributed by atoms with E-state index in [-0.39, 0.29) is 17.1 Å². The van der Waals surface area contributed by atoms with E-state index in [0.717, 1.165) is 10.5 Å². The molecule has 31 heavy (non-hydrogen) atoms. The molecule has 0 spiro atoms. The van der Waals surface area contributed by atoms with Crippen molar-refractivity contribution in [3.63, 3.8) is 0 Å². The van der Waals surface area contributed by atoms with Crippen LogP contribution in [0.5, 0.6) is 0 Å². The number of anilines is 2. The van der Waals surface area contributed by atoms with E-state index < -0.39 is 5.91 Å². The van der Waals surface area contributed by atoms with Gasteiger partial charge in [0.15, 0.2) is 0 Å². The summed E-state index contributed by atoms with van der Waals surface area (Å²) in [6.07, 6.45) is 0. The zero-order valence-electron chi connectivity index (χ0n) is 17.2. The Bertz CT molecular complexity index is 1100. The van der Waals surface area contributed by atoms with Gasteiger partial charge in [0.1, 0.15) is 0 Å². The second-order valence-corrected chi connectivity index (χ2v) is 8.40. The van der Waals surface area contributed by atoms with E-state index in [2.05, 4.69) is 10.6 Å². The quantitative estimate of drug-likeness (QED) is 0.479. The van der Waals surface area contributed by atoms with E-state index in [4.69, 9.17) is 5.73 Å². The molecule has 4 N–H and O–H groups in total. The van der Waals surface area contributed by atoms with Gasteiger partial charge in [-0.05, 0) is 74.0 Å². The molecule has 0 fully saturated rings. The van der Waals surface area contributed by atoms with Crippen molar-refractivity contribution < 1.29 is 14.4 Å². The first kappa shape index (κ1) is 22.1. The lowest BCUT2D eigenvalue weighted by atomic mass is 10.1. The van der Waals surface area contributed by atoms with Gasteiger partial charge < -0.3 is 16.4 Å². The van der Waals surface area contributed by atoms with Crippen molar-refractivity contribution in [2.24, 2.45) is 5.73 Å². The van der Waals surface area contributed by atoms with E-state index in [9.17, 15) is 14.4 Å². The number of thioether (sulfide) groups is 1. The highest BCUT2D eigenvalue weighted by Crippen LogP contribution is 2.26. The Hall–Kier alpha value is -3.58. The van der Waals surface area contributed by atoms with E-state index >= 15 is 0 Å². The van der Waals surface area contributed by atoms with Crippen molar-refractivity contribution in [2.45, 2.75) is 24.0 Å². The van der Waals surface area contributed by atoms with E-state index in [1.807, 2.05) is 56.3 Å². The predicted octanol–water partition coefficient (Wildman–Crippen LogP) is 4.47. The molecule has 0 radical (unpaired) electrons. The second-order valence-electron chi connectivity index (χ2n) is 6.98. The Labute approximate surface area is 185 Å². The number of aryl methyl sites for hydroxylation is 1. The summed E-state index contributed by atoms with van der Waals surface area (Å²) in [7, 11) is 0. The highest BCUT2D eigenvalue weighted by Gasteiger charge is 2.15. The van der Waals surface area contributed by atoms with Crippen LogP contribution < -0.4 is 16.4 Å². The summed E-state index contributed by atoms with van der Waals surface area (Å²) in [5.74, 6) is -0.831. The lowest BCUT2D eigenvalue weighted by molar-refractivity contribution is -0.115. The lowest BCUT2D eigenvalue weighted by Crippen LogP contribution is -2.22. The Morgan fingerprint density at radius 3 is 2.03 bits per heavy atom. The van der Waals surface area contributed by atoms with Crippen molar-refractivity contribution >= 4 is 40.9 Å². The fourth-order valence-corrected chi connectivity index (χ4v) is 3.73. The van der Waals surface area contributed by atoms with Crippen molar-refractivity contribution in [1.29, 1.82) is 0 Å². The van der Waals surface area contributed by atoms with Crippen molar-refractivity contribution in [3.05, 3.63) is 89.5 Å². The van der Waals surface area contributed by atoms with Crippen LogP contribution in [0.3, 0.4) is 0 Å². The van der Waals surface area contributed by atoms with E-state index in [0.29, 0.717) is 22.5 Å². The van der Waals surface area contributed by atoms with Crippen LogP contribution in [-0.4, -0.2) is 23.0 Å². The maximum absolute atomic E-state index is 12.5. The first-order chi connectivity index (χ1) is 14.8. The average Bonchev–Trinajstić information content (AvgIpc) is 2.75. The number of benzene rings is 3. The van der Waals surface area contributed by atoms with Crippen molar-refractivity contribution in [1.82, 2.24) is 0 Å². The lowest BCUT2D eigenvalue weighted by Gasteiger charge is -2.13. The maximum Gasteiger partial charge on any atom is 0.255 e. The minimum absolute atomic E-state index is 0.159. The third-order valence-electron chi connectivity index (χ3n) is 4.62. The van der Waals surface area contributed by atoms with Gasteiger partial charge >= 0.3 is 0 Å². The average molecular weight is 434 g/mol. The third kappa shape index (κ3) is 5.96. The zero-order chi connectivity index (χ0) is 22.4. The SMILES string of the molecule is Cc1ccccc1C(=O)Nc1ccc(SC(C)C(=O)Nc2ccc(C(N)=O)cc2)cc1. The molecule has 0 aliphatic rings. The molecule has 3 rings (SSSR count). The molecule has 3 aromatic carbocycles. The molecule has 0 saturated heterocycles. The van der Waals surface area contributed by atoms with Gasteiger partial charge in [-0.3, -0.25) is 14.4 Å². The number of nitrogens with one attached hydrogen (secondary N) is 2. The number of hydrogen-bond acceptors (Lipinski definition) is 4. The van der Waals surface area contributed by atoms with Gasteiger partial charge in [0.2, 0.25) is 11.8 Å². The first-order valence-corrected chi connectivity index (χ1v) is 10.6. The molecule has 0 heterocycles. The number of nitrogens with two attached hydrogens (primary N) is 1. The van der Waals surface area contributed by atoms with E-state index in [1.165, 1.54) is 11.8 Å². The molecule has 158 valence electrons. The number of hydrogen-bond donors (Lipinski definition) is 3. The molecule has 3 amide bonds. The van der Waals surface area contributed by atoms with Crippen LogP contribution in [0.2, 0.25) is 0 Å². The second kappa shape index (κ2) is 9.95. The topological polar surface area (TPSA) is 101 Å². The third-order valence-corrected chi connectivity index (χ3v) is 5.73. The zero-order valence-corrected chi connectivity index (χ0v) is 18.0. The molecule has 3 aromatic rings. The van der Waals surface area contributed by atoms with Gasteiger partial charge in [-0.2, -0.15) is 0 Å². The van der Waals surface area contributed by atoms with Gasteiger partial charge in [-0.15, -0.1) is 11.8 Å². The summed E-state index contributed by atoms with van der Waals surface area (Å²) in [5, 5.41) is 5.36. The van der Waals surface area contributed by atoms with Crippen LogP contribution in [0.25, 0.3) is 0 Å². The van der Waals surface area contributed by atoms with Crippen LogP contribution in [0.4, 0.5) is 11.4 Å². The fourth-order valence-electron chi connectivity index (χ4n) is 2.86. The first-order valence-electron chi connectivity index (χ1n) is 9.68. The molecular formula is C24H23N3O3S. The Morgan fingerprint density at radius 2 is 1.42 bits per heavy atom. The van der Waals surface area contributed by atoms with Crippen molar-refractivity contribution in [2.75, 3.05) is 10.6 Å². The molecule has 1 unspecified atom stereocenters. The molecule has 0 saturated carbocycles. The van der Waals surface area contributed by atoms with Crippen LogP contribution in [0, 0.1) is 6.92 Å². The summed E-state index contributed by atoms with van der Waals surface area (Å²) in [4.78, 5) is 36.9. The number of carbonyl (C=O) groups excluding carboxylic acids is 3. The summed E-state index contributed by atoms with van der Waals surface area (Å²) in [6.45, 7) is 3.71. The number of amides is 3. The largest absolute Gasteiger partial charge is 0.366 e. The number of rotatable bonds is 7. The number of carbonyl (C=O) groups is 3. The smallest absolute Gasteiger partial charge is 0.255 e. The minimum Gasteiger partial charge on any atom is -0.366 e. The van der Waals surface area contributed by atoms with Crippen molar-refractivity contribution in [3.8, 4) is 0 Å². The molecule has 0 aliphatic heterocycles. The summed E-state index contributed by atoms with van der Waals surface area (Å²) >= 11 is 1.41. The molecule has 6 nitrogen and oxygen atoms in total. The Kier molecular flexibility index (Phi) is 7.10. The monoisotopic (exact) mass is 433 g/mol. The standard InChI is InChI=1S/C24H23N3O3S/c1-15-5-3-4-6-21(15)24(30)27-19-11-13-20(14-12-19)31-16(2)23(29)26-18-9-7-17(8-10-18)22(25)28/h3-14,16H,1-2H3,(H2,25,28)(H,26,29)(H,27,30). The van der Waals surface area contributed by atoms with E-state index in [1.54, 1.807) is 30.3 Å². The molecule has 1 atom stereocenters. The summed E-state index contributed by atoms with van der Waals surface area (Å²) in [6, 6.07) is 21.2. The Balaban J connectivity index is 1.56. The van der Waals surface area contributed by atoms with Crippen LogP contribution in [0.15, 0.2) is 77.7 Å². The number of primary amides is 1. The molecular weight excluding hydrogens is 410 g/mol. The van der Waals surface area contributed by atoms with Crippen LogP contribution in [-0.2, 0) is 4.79 Å². The van der Waals surface area contributed by atoms with Gasteiger partial charge in [-0.25, -0.2) is 0 Å². The van der Waals surface area contributed by atoms with Gasteiger partial charge in [0.05, 0.1) is 5.25 Å². The molecule has 0 aliphatic carbocycles. The summed E-state index contributed by atoms with van der Waals surface area (Å²) < 4.78 is 0. The Morgan fingerprint density at radius 1 is 0.839 bits per heavy atom. The molecule has 0 aromatic heterocycles.